The summed E-state index contributed by atoms with van der Waals surface area (Å²) in [4.78, 5) is 11.3. The van der Waals surface area contributed by atoms with Gasteiger partial charge in [-0.15, -0.1) is 0 Å². The Labute approximate surface area is 81.3 Å². The van der Waals surface area contributed by atoms with Crippen LogP contribution in [0, 0.1) is 0 Å². The minimum atomic E-state index is -3.43. The second-order valence-corrected chi connectivity index (χ2v) is 1.59. The molecule has 0 saturated carbocycles. The van der Waals surface area contributed by atoms with Gasteiger partial charge in [0, 0.05) is 22.6 Å². The van der Waals surface area contributed by atoms with Crippen molar-refractivity contribution in [3.63, 3.8) is 0 Å². The molecule has 10 heavy (non-hydrogen) atoms. The monoisotopic (exact) mass is 217 g/mol. The van der Waals surface area contributed by atoms with Gasteiger partial charge in [0.2, 0.25) is 0 Å². The van der Waals surface area contributed by atoms with E-state index in [1.165, 1.54) is 6.92 Å². The molecule has 0 aromatic carbocycles. The summed E-state index contributed by atoms with van der Waals surface area (Å²) in [6.45, 7) is 1.20. The van der Waals surface area contributed by atoms with E-state index >= 15 is 0 Å². The first kappa shape index (κ1) is 2.77. The van der Waals surface area contributed by atoms with Crippen molar-refractivity contribution < 1.29 is 20.5 Å². The van der Waals surface area contributed by atoms with Crippen LogP contribution in [0.15, 0.2) is 0 Å². The Hall–Kier alpha value is -0.0500. The molecule has 0 aliphatic heterocycles. The minimum absolute atomic E-state index is 0.196. The predicted octanol–water partition coefficient (Wildman–Crippen LogP) is 2.11. The first-order valence-electron chi connectivity index (χ1n) is 6.59. The minimum Gasteiger partial charge on any atom is -0.466 e. The maximum absolute atomic E-state index is 11.3. The summed E-state index contributed by atoms with van der Waals surface area (Å²) >= 11 is 2.32. The van der Waals surface area contributed by atoms with Gasteiger partial charge in [0.05, 0.1) is 6.61 Å². The van der Waals surface area contributed by atoms with E-state index in [-0.39, 0.29) is 6.61 Å². The fraction of sp³-hybridized carbons (Fsp3) is 0.857. The van der Waals surface area contributed by atoms with Crippen molar-refractivity contribution in [1.82, 2.24) is 0 Å². The molecule has 0 amide bonds. The third-order valence-corrected chi connectivity index (χ3v) is 0.748. The molecule has 0 fully saturated rings. The van der Waals surface area contributed by atoms with Crippen molar-refractivity contribution in [2.75, 3.05) is 11.9 Å². The zero-order valence-corrected chi connectivity index (χ0v) is 6.99. The lowest BCUT2D eigenvalue weighted by atomic mass is 10.3. The Morgan fingerprint density at radius 3 is 2.90 bits per heavy atom. The van der Waals surface area contributed by atoms with Crippen LogP contribution >= 0.6 is 15.9 Å². The normalized spacial score (nSPS) is 27.0. The lowest BCUT2D eigenvalue weighted by Gasteiger charge is -1.98. The van der Waals surface area contributed by atoms with E-state index in [0.717, 1.165) is 0 Å². The average Bonchev–Trinajstić information content (AvgIpc) is 2.15. The van der Waals surface area contributed by atoms with Crippen LogP contribution in [0.25, 0.3) is 0 Å². The summed E-state index contributed by atoms with van der Waals surface area (Å²) in [5, 5.41) is -2.86. The molecular formula is C7H13BrO2. The average molecular weight is 218 g/mol. The van der Waals surface area contributed by atoms with Crippen molar-refractivity contribution in [2.24, 2.45) is 0 Å². The number of hydrogen-bond donors (Lipinski definition) is 0. The number of esters is 1. The smallest absolute Gasteiger partial charge is 0.305 e. The van der Waals surface area contributed by atoms with Gasteiger partial charge in [-0.25, -0.2) is 0 Å². The summed E-state index contributed by atoms with van der Waals surface area (Å²) in [6.07, 6.45) is -10.1. The number of hydrogen-bond acceptors (Lipinski definition) is 2. The number of rotatable bonds is 5. The van der Waals surface area contributed by atoms with Crippen LogP contribution in [0.1, 0.15) is 37.0 Å². The number of ether oxygens (including phenoxy) is 1. The van der Waals surface area contributed by atoms with Crippen LogP contribution in [-0.2, 0) is 9.53 Å². The molecule has 2 nitrogen and oxygen atoms in total. The van der Waals surface area contributed by atoms with Gasteiger partial charge in [0.25, 0.3) is 0 Å². The van der Waals surface area contributed by atoms with Gasteiger partial charge in [0.1, 0.15) is 0 Å². The molecule has 0 aliphatic rings. The van der Waals surface area contributed by atoms with Gasteiger partial charge in [-0.3, -0.25) is 4.79 Å². The summed E-state index contributed by atoms with van der Waals surface area (Å²) in [7, 11) is 0. The van der Waals surface area contributed by atoms with Crippen LogP contribution in [0.4, 0.5) is 0 Å². The highest BCUT2D eigenvalue weighted by molar-refractivity contribution is 9.09. The highest BCUT2D eigenvalue weighted by Crippen LogP contribution is 1.99. The van der Waals surface area contributed by atoms with Crippen LogP contribution < -0.4 is 0 Å². The fourth-order valence-electron chi connectivity index (χ4n) is 0.273. The zero-order valence-electron chi connectivity index (χ0n) is 13.4. The first-order valence-corrected chi connectivity index (χ1v) is 3.39. The maximum Gasteiger partial charge on any atom is 0.305 e. The van der Waals surface area contributed by atoms with Crippen molar-refractivity contribution >= 4 is 21.9 Å². The number of carbonyl (C=O) groups is 1. The van der Waals surface area contributed by atoms with Crippen LogP contribution in [0.2, 0.25) is 0 Å². The summed E-state index contributed by atoms with van der Waals surface area (Å²) in [6, 6.07) is 0. The fourth-order valence-corrected chi connectivity index (χ4v) is 0.372. The highest BCUT2D eigenvalue weighted by atomic mass is 79.9. The van der Waals surface area contributed by atoms with E-state index in [1.807, 2.05) is 0 Å². The van der Waals surface area contributed by atoms with Crippen LogP contribution in [0.5, 0.6) is 0 Å². The van der Waals surface area contributed by atoms with Gasteiger partial charge in [-0.1, -0.05) is 15.9 Å². The van der Waals surface area contributed by atoms with E-state index in [9.17, 15) is 4.79 Å². The molecule has 0 atom stereocenters. The second-order valence-electron chi connectivity index (χ2n) is 1.19. The molecule has 0 saturated heterocycles. The summed E-state index contributed by atoms with van der Waals surface area (Å²) < 4.78 is 63.0. The largest absolute Gasteiger partial charge is 0.466 e. The lowest BCUT2D eigenvalue weighted by molar-refractivity contribution is -0.143. The third-order valence-electron chi connectivity index (χ3n) is 0.550. The molecule has 60 valence electrons. The lowest BCUT2D eigenvalue weighted by Crippen LogP contribution is -2.03. The second kappa shape index (κ2) is 7.06. The number of alkyl halides is 1. The molecule has 0 spiro atoms. The van der Waals surface area contributed by atoms with Gasteiger partial charge in [-0.05, 0) is 19.7 Å². The zero-order chi connectivity index (χ0) is 15.0. The Morgan fingerprint density at radius 1 is 1.70 bits per heavy atom. The van der Waals surface area contributed by atoms with Crippen molar-refractivity contribution in [1.29, 1.82) is 0 Å². The molecule has 0 N–H and O–H groups in total. The van der Waals surface area contributed by atoms with Gasteiger partial charge >= 0.3 is 5.97 Å². The van der Waals surface area contributed by atoms with E-state index < -0.39 is 30.4 Å². The third kappa shape index (κ3) is 6.08. The molecule has 0 aromatic heterocycles. The van der Waals surface area contributed by atoms with Gasteiger partial charge in [0.15, 0.2) is 0 Å². The predicted molar refractivity (Wildman–Crippen MR) is 44.3 cm³/mol. The Morgan fingerprint density at radius 2 is 2.40 bits per heavy atom. The molecular weight excluding hydrogens is 197 g/mol. The van der Waals surface area contributed by atoms with Crippen molar-refractivity contribution in [3.8, 4) is 0 Å². The molecule has 0 unspecified atom stereocenters. The molecule has 0 rings (SSSR count). The molecule has 0 heterocycles. The van der Waals surface area contributed by atoms with Gasteiger partial charge in [-0.2, -0.15) is 0 Å². The van der Waals surface area contributed by atoms with E-state index in [4.69, 9.17) is 11.0 Å². The van der Waals surface area contributed by atoms with E-state index in [0.29, 0.717) is 0 Å². The topological polar surface area (TPSA) is 26.3 Å². The molecule has 0 aromatic rings. The van der Waals surface area contributed by atoms with E-state index in [2.05, 4.69) is 20.7 Å². The highest BCUT2D eigenvalue weighted by Gasteiger charge is 1.98. The number of carbonyl (C=O) groups excluding carboxylic acids is 1. The van der Waals surface area contributed by atoms with Crippen molar-refractivity contribution in [3.05, 3.63) is 0 Å². The van der Waals surface area contributed by atoms with Crippen molar-refractivity contribution in [2.45, 2.75) is 26.0 Å². The first-order chi connectivity index (χ1) is 7.73. The van der Waals surface area contributed by atoms with Gasteiger partial charge < -0.3 is 4.74 Å². The quantitative estimate of drug-likeness (QED) is 0.401. The summed E-state index contributed by atoms with van der Waals surface area (Å²) in [5.41, 5.74) is 0. The summed E-state index contributed by atoms with van der Waals surface area (Å²) in [5.74, 6) is -1.57. The maximum atomic E-state index is 11.3. The number of halogens is 1. The standard InChI is InChI=1S/C7H13BrO2/c1-2-10-7(9)5-3-4-6-8/h2-6H2,1H3/i3D2,4D2,5D2,6D2,7+1. The Balaban J connectivity index is 5.57. The Bertz CT molecular complexity index is 324. The SMILES string of the molecule is [2H]C([2H])(Br)C([2H])([2H])C([2H])([2H])C([2H])([2H])[13C](=O)OCC. The van der Waals surface area contributed by atoms with Crippen LogP contribution in [0.3, 0.4) is 0 Å². The molecule has 0 radical (unpaired) electrons. The van der Waals surface area contributed by atoms with E-state index in [1.54, 1.807) is 0 Å². The van der Waals surface area contributed by atoms with Crippen LogP contribution in [-0.4, -0.2) is 17.9 Å². The molecule has 0 bridgehead atoms. The molecule has 0 aliphatic carbocycles. The molecule has 3 heteroatoms. The Kier molecular flexibility index (Phi) is 1.96.